The zero-order valence-corrected chi connectivity index (χ0v) is 18.7. The Labute approximate surface area is 192 Å². The summed E-state index contributed by atoms with van der Waals surface area (Å²) in [5.74, 6) is -1.68. The molecular formula is C24H29N3O6. The average Bonchev–Trinajstić information content (AvgIpc) is 3.47. The second-order valence-electron chi connectivity index (χ2n) is 8.55. The summed E-state index contributed by atoms with van der Waals surface area (Å²) in [6.45, 7) is 1.91. The molecule has 2 heterocycles. The van der Waals surface area contributed by atoms with Gasteiger partial charge in [0.25, 0.3) is 0 Å². The van der Waals surface area contributed by atoms with Gasteiger partial charge in [-0.2, -0.15) is 0 Å². The van der Waals surface area contributed by atoms with Gasteiger partial charge in [-0.3, -0.25) is 9.59 Å². The summed E-state index contributed by atoms with van der Waals surface area (Å²) in [6, 6.07) is 7.99. The Morgan fingerprint density at radius 3 is 2.52 bits per heavy atom. The second kappa shape index (κ2) is 10.1. The fourth-order valence-electron chi connectivity index (χ4n) is 4.80. The van der Waals surface area contributed by atoms with Crippen molar-refractivity contribution in [3.05, 3.63) is 47.2 Å². The summed E-state index contributed by atoms with van der Waals surface area (Å²) in [7, 11) is 0. The third-order valence-electron chi connectivity index (χ3n) is 6.40. The van der Waals surface area contributed by atoms with E-state index >= 15 is 0 Å². The lowest BCUT2D eigenvalue weighted by molar-refractivity contribution is -0.148. The number of nitrogens with one attached hydrogen (secondary N) is 2. The molecule has 0 aromatic heterocycles. The van der Waals surface area contributed by atoms with E-state index in [9.17, 15) is 19.2 Å². The second-order valence-corrected chi connectivity index (χ2v) is 8.55. The number of likely N-dealkylation sites (tertiary alicyclic amines) is 1. The normalized spacial score (nSPS) is 23.4. The molecule has 0 unspecified atom stereocenters. The molecule has 2 aliphatic heterocycles. The molecule has 3 amide bonds. The fourth-order valence-corrected chi connectivity index (χ4v) is 4.80. The lowest BCUT2D eigenvalue weighted by Crippen LogP contribution is -2.47. The molecule has 1 aromatic rings. The maximum Gasteiger partial charge on any atom is 0.338 e. The highest BCUT2D eigenvalue weighted by Gasteiger charge is 2.40. The lowest BCUT2D eigenvalue weighted by Gasteiger charge is -2.29. The molecule has 9 heteroatoms. The first-order valence-electron chi connectivity index (χ1n) is 11.5. The van der Waals surface area contributed by atoms with Crippen LogP contribution in [0.3, 0.4) is 0 Å². The molecule has 33 heavy (non-hydrogen) atoms. The minimum Gasteiger partial charge on any atom is -0.463 e. The minimum atomic E-state index is -0.737. The topological polar surface area (TPSA) is 114 Å². The monoisotopic (exact) mass is 455 g/mol. The smallest absolute Gasteiger partial charge is 0.338 e. The maximum absolute atomic E-state index is 12.8. The van der Waals surface area contributed by atoms with Crippen LogP contribution in [0.4, 0.5) is 4.79 Å². The number of hydrogen-bond donors (Lipinski definition) is 2. The van der Waals surface area contributed by atoms with E-state index in [2.05, 4.69) is 10.6 Å². The molecule has 3 aliphatic rings. The molecule has 1 saturated heterocycles. The molecule has 0 bridgehead atoms. The summed E-state index contributed by atoms with van der Waals surface area (Å²) >= 11 is 0. The maximum atomic E-state index is 12.8. The number of amides is 3. The number of carbonyl (C=O) groups excluding carboxylic acids is 4. The molecule has 1 saturated carbocycles. The summed E-state index contributed by atoms with van der Waals surface area (Å²) in [5, 5.41) is 5.33. The number of nitrogens with zero attached hydrogens (tertiary/aromatic N) is 1. The first kappa shape index (κ1) is 22.8. The number of urea groups is 1. The van der Waals surface area contributed by atoms with Crippen LogP contribution in [-0.4, -0.2) is 54.6 Å². The highest BCUT2D eigenvalue weighted by Crippen LogP contribution is 2.31. The number of carbonyl (C=O) groups is 4. The molecule has 0 radical (unpaired) electrons. The Morgan fingerprint density at radius 2 is 1.82 bits per heavy atom. The van der Waals surface area contributed by atoms with Crippen LogP contribution in [-0.2, 0) is 23.9 Å². The molecule has 0 spiro atoms. The summed E-state index contributed by atoms with van der Waals surface area (Å²) in [5.41, 5.74) is 1.06. The fraction of sp³-hybridized carbons (Fsp3) is 0.500. The van der Waals surface area contributed by atoms with E-state index in [-0.39, 0.29) is 42.9 Å². The van der Waals surface area contributed by atoms with Crippen molar-refractivity contribution in [2.45, 2.75) is 51.1 Å². The lowest BCUT2D eigenvalue weighted by atomic mass is 9.95. The molecule has 1 aromatic carbocycles. The van der Waals surface area contributed by atoms with E-state index in [1.165, 1.54) is 0 Å². The molecule has 2 N–H and O–H groups in total. The van der Waals surface area contributed by atoms with Gasteiger partial charge in [0.1, 0.15) is 6.61 Å². The van der Waals surface area contributed by atoms with Gasteiger partial charge in [0, 0.05) is 19.0 Å². The average molecular weight is 456 g/mol. The molecule has 9 nitrogen and oxygen atoms in total. The number of benzene rings is 1. The number of ether oxygens (including phenoxy) is 2. The van der Waals surface area contributed by atoms with Crippen LogP contribution in [0, 0.1) is 5.92 Å². The van der Waals surface area contributed by atoms with Crippen molar-refractivity contribution in [1.82, 2.24) is 15.5 Å². The van der Waals surface area contributed by atoms with E-state index in [4.69, 9.17) is 9.47 Å². The molecular weight excluding hydrogens is 426 g/mol. The Bertz CT molecular complexity index is 954. The first-order chi connectivity index (χ1) is 16.0. The largest absolute Gasteiger partial charge is 0.463 e. The first-order valence-corrected chi connectivity index (χ1v) is 11.5. The van der Waals surface area contributed by atoms with Crippen LogP contribution in [0.1, 0.15) is 50.6 Å². The number of esters is 2. The zero-order chi connectivity index (χ0) is 23.4. The van der Waals surface area contributed by atoms with Gasteiger partial charge < -0.3 is 25.0 Å². The van der Waals surface area contributed by atoms with E-state index in [1.807, 2.05) is 6.07 Å². The molecule has 176 valence electrons. The highest BCUT2D eigenvalue weighted by atomic mass is 16.5. The van der Waals surface area contributed by atoms with Gasteiger partial charge in [0.05, 0.1) is 29.8 Å². The molecule has 2 atom stereocenters. The quantitative estimate of drug-likeness (QED) is 0.610. The van der Waals surface area contributed by atoms with Crippen molar-refractivity contribution in [3.63, 3.8) is 0 Å². The number of hydrogen-bond acceptors (Lipinski definition) is 6. The predicted molar refractivity (Wildman–Crippen MR) is 118 cm³/mol. The summed E-state index contributed by atoms with van der Waals surface area (Å²) < 4.78 is 10.7. The van der Waals surface area contributed by atoms with Gasteiger partial charge in [-0.25, -0.2) is 9.59 Å². The summed E-state index contributed by atoms with van der Waals surface area (Å²) in [4.78, 5) is 52.1. The van der Waals surface area contributed by atoms with Crippen molar-refractivity contribution in [2.24, 2.45) is 5.92 Å². The van der Waals surface area contributed by atoms with Gasteiger partial charge >= 0.3 is 18.0 Å². The Balaban J connectivity index is 1.50. The van der Waals surface area contributed by atoms with Gasteiger partial charge in [0.2, 0.25) is 5.91 Å². The highest BCUT2D eigenvalue weighted by molar-refractivity contribution is 5.95. The van der Waals surface area contributed by atoms with Crippen molar-refractivity contribution in [2.75, 3.05) is 19.8 Å². The third kappa shape index (κ3) is 5.02. The standard InChI is InChI=1S/C24H29N3O6/c1-2-32-23(30)20-18(25-24(31)26-21(20)15-8-4-3-5-9-15)14-33-22(29)16-12-19(28)27(13-16)17-10-6-7-11-17/h3-5,8-9,16-17,21H,2,6-7,10-14H2,1H3,(H2,25,26,31)/t16-,21-/m1/s1. The van der Waals surface area contributed by atoms with Gasteiger partial charge in [-0.15, -0.1) is 0 Å². The van der Waals surface area contributed by atoms with Crippen LogP contribution in [0.25, 0.3) is 0 Å². The molecule has 1 aliphatic carbocycles. The van der Waals surface area contributed by atoms with Crippen molar-refractivity contribution in [1.29, 1.82) is 0 Å². The molecule has 4 rings (SSSR count). The van der Waals surface area contributed by atoms with Crippen LogP contribution < -0.4 is 10.6 Å². The van der Waals surface area contributed by atoms with Gasteiger partial charge in [-0.1, -0.05) is 43.2 Å². The van der Waals surface area contributed by atoms with Gasteiger partial charge in [-0.05, 0) is 25.3 Å². The van der Waals surface area contributed by atoms with Crippen LogP contribution in [0.15, 0.2) is 41.6 Å². The van der Waals surface area contributed by atoms with E-state index in [0.29, 0.717) is 12.1 Å². The Kier molecular flexibility index (Phi) is 6.96. The number of rotatable bonds is 7. The third-order valence-corrected chi connectivity index (χ3v) is 6.40. The van der Waals surface area contributed by atoms with E-state index in [0.717, 1.165) is 25.7 Å². The van der Waals surface area contributed by atoms with Crippen molar-refractivity contribution < 1.29 is 28.7 Å². The minimum absolute atomic E-state index is 0.0189. The Morgan fingerprint density at radius 1 is 1.09 bits per heavy atom. The van der Waals surface area contributed by atoms with Crippen LogP contribution >= 0.6 is 0 Å². The van der Waals surface area contributed by atoms with Crippen molar-refractivity contribution in [3.8, 4) is 0 Å². The van der Waals surface area contributed by atoms with Crippen LogP contribution in [0.5, 0.6) is 0 Å². The zero-order valence-electron chi connectivity index (χ0n) is 18.7. The van der Waals surface area contributed by atoms with Gasteiger partial charge in [0.15, 0.2) is 0 Å². The summed E-state index contributed by atoms with van der Waals surface area (Å²) in [6.07, 6.45) is 4.28. The van der Waals surface area contributed by atoms with E-state index in [1.54, 1.807) is 36.1 Å². The van der Waals surface area contributed by atoms with E-state index < -0.39 is 29.9 Å². The molecule has 2 fully saturated rings. The van der Waals surface area contributed by atoms with Crippen LogP contribution in [0.2, 0.25) is 0 Å². The Hall–Kier alpha value is -3.36. The SMILES string of the molecule is CCOC(=O)C1=C(COC(=O)[C@@H]2CC(=O)N(C3CCCC3)C2)NC(=O)N[C@@H]1c1ccccc1. The van der Waals surface area contributed by atoms with Crippen molar-refractivity contribution >= 4 is 23.9 Å². The predicted octanol–water partition coefficient (Wildman–Crippen LogP) is 2.19.